The molecular formula is C17H26N2O. The van der Waals surface area contributed by atoms with Crippen LogP contribution in [0.15, 0.2) is 0 Å². The number of nitriles is 1. The summed E-state index contributed by atoms with van der Waals surface area (Å²) in [5, 5.41) is 12.5. The van der Waals surface area contributed by atoms with E-state index in [0.717, 1.165) is 11.8 Å². The van der Waals surface area contributed by atoms with Crippen LogP contribution in [0.25, 0.3) is 0 Å². The number of nitrogens with zero attached hydrogens (tertiary/aromatic N) is 1. The molecule has 0 aliphatic heterocycles. The van der Waals surface area contributed by atoms with Gasteiger partial charge in [0.25, 0.3) is 0 Å². The SMILES string of the molecule is CC(C)C(C)(C#N)NC(=O)C1C2CC3CC(C2)CC1C3. The van der Waals surface area contributed by atoms with Crippen LogP contribution >= 0.6 is 0 Å². The molecule has 4 rings (SSSR count). The molecular weight excluding hydrogens is 248 g/mol. The first-order valence-corrected chi connectivity index (χ1v) is 8.16. The molecule has 1 unspecified atom stereocenters. The number of carbonyl (C=O) groups is 1. The highest BCUT2D eigenvalue weighted by Crippen LogP contribution is 2.56. The Bertz CT molecular complexity index is 422. The van der Waals surface area contributed by atoms with Crippen molar-refractivity contribution in [3.05, 3.63) is 0 Å². The van der Waals surface area contributed by atoms with Crippen LogP contribution in [0.5, 0.6) is 0 Å². The summed E-state index contributed by atoms with van der Waals surface area (Å²) in [6.07, 6.45) is 6.39. The van der Waals surface area contributed by atoms with Crippen molar-refractivity contribution < 1.29 is 4.79 Å². The molecule has 4 aliphatic rings. The summed E-state index contributed by atoms with van der Waals surface area (Å²) in [4.78, 5) is 12.7. The molecule has 0 aromatic rings. The van der Waals surface area contributed by atoms with Gasteiger partial charge in [0.05, 0.1) is 6.07 Å². The average Bonchev–Trinajstić information content (AvgIpc) is 2.36. The zero-order valence-electron chi connectivity index (χ0n) is 12.9. The average molecular weight is 274 g/mol. The number of carbonyl (C=O) groups excluding carboxylic acids is 1. The normalized spacial score (nSPS) is 41.2. The maximum Gasteiger partial charge on any atom is 0.224 e. The number of hydrogen-bond acceptors (Lipinski definition) is 2. The number of nitrogens with one attached hydrogen (secondary N) is 1. The minimum absolute atomic E-state index is 0.133. The lowest BCUT2D eigenvalue weighted by Gasteiger charge is -2.54. The summed E-state index contributed by atoms with van der Waals surface area (Å²) in [6, 6.07) is 2.30. The lowest BCUT2D eigenvalue weighted by Crippen LogP contribution is -2.56. The fourth-order valence-electron chi connectivity index (χ4n) is 4.99. The van der Waals surface area contributed by atoms with Gasteiger partial charge in [-0.2, -0.15) is 5.26 Å². The van der Waals surface area contributed by atoms with Gasteiger partial charge in [0.15, 0.2) is 0 Å². The zero-order valence-corrected chi connectivity index (χ0v) is 12.9. The Morgan fingerprint density at radius 3 is 2.05 bits per heavy atom. The first kappa shape index (κ1) is 13.9. The van der Waals surface area contributed by atoms with Crippen molar-refractivity contribution >= 4 is 5.91 Å². The second kappa shape index (κ2) is 4.76. The van der Waals surface area contributed by atoms with Gasteiger partial charge in [0.1, 0.15) is 5.54 Å². The third kappa shape index (κ3) is 2.14. The van der Waals surface area contributed by atoms with E-state index in [1.54, 1.807) is 0 Å². The van der Waals surface area contributed by atoms with E-state index < -0.39 is 5.54 Å². The first-order chi connectivity index (χ1) is 9.43. The molecule has 0 saturated heterocycles. The monoisotopic (exact) mass is 274 g/mol. The van der Waals surface area contributed by atoms with Crippen molar-refractivity contribution in [1.82, 2.24) is 5.32 Å². The largest absolute Gasteiger partial charge is 0.338 e. The Morgan fingerprint density at radius 2 is 1.65 bits per heavy atom. The second-order valence-corrected chi connectivity index (χ2v) is 7.91. The summed E-state index contributed by atoms with van der Waals surface area (Å²) in [6.45, 7) is 5.85. The van der Waals surface area contributed by atoms with Gasteiger partial charge < -0.3 is 5.32 Å². The molecule has 1 amide bonds. The molecule has 4 saturated carbocycles. The molecule has 110 valence electrons. The molecule has 4 aliphatic carbocycles. The van der Waals surface area contributed by atoms with E-state index >= 15 is 0 Å². The molecule has 1 N–H and O–H groups in total. The predicted octanol–water partition coefficient (Wildman–Crippen LogP) is 3.11. The number of hydrogen-bond donors (Lipinski definition) is 1. The topological polar surface area (TPSA) is 52.9 Å². The van der Waals surface area contributed by atoms with Crippen LogP contribution < -0.4 is 5.32 Å². The fraction of sp³-hybridized carbons (Fsp3) is 0.882. The summed E-state index contributed by atoms with van der Waals surface area (Å²) < 4.78 is 0. The Balaban J connectivity index is 1.74. The molecule has 0 aromatic heterocycles. The van der Waals surface area contributed by atoms with Crippen molar-refractivity contribution in [2.45, 2.75) is 58.4 Å². The van der Waals surface area contributed by atoms with Crippen molar-refractivity contribution in [3.8, 4) is 6.07 Å². The number of amides is 1. The smallest absolute Gasteiger partial charge is 0.224 e. The van der Waals surface area contributed by atoms with Crippen LogP contribution in [0.2, 0.25) is 0 Å². The quantitative estimate of drug-likeness (QED) is 0.859. The van der Waals surface area contributed by atoms with E-state index in [-0.39, 0.29) is 17.7 Å². The van der Waals surface area contributed by atoms with E-state index in [9.17, 15) is 10.1 Å². The van der Waals surface area contributed by atoms with Crippen molar-refractivity contribution in [1.29, 1.82) is 5.26 Å². The van der Waals surface area contributed by atoms with Gasteiger partial charge in [-0.3, -0.25) is 4.79 Å². The van der Waals surface area contributed by atoms with Crippen molar-refractivity contribution in [3.63, 3.8) is 0 Å². The van der Waals surface area contributed by atoms with E-state index in [1.807, 2.05) is 20.8 Å². The third-order valence-corrected chi connectivity index (χ3v) is 6.30. The van der Waals surface area contributed by atoms with Crippen molar-refractivity contribution in [2.75, 3.05) is 0 Å². The van der Waals surface area contributed by atoms with E-state index in [0.29, 0.717) is 11.8 Å². The van der Waals surface area contributed by atoms with Gasteiger partial charge in [-0.05, 0) is 68.6 Å². The van der Waals surface area contributed by atoms with E-state index in [4.69, 9.17) is 0 Å². The Hall–Kier alpha value is -1.04. The number of rotatable bonds is 3. The molecule has 0 heterocycles. The van der Waals surface area contributed by atoms with Gasteiger partial charge in [-0.1, -0.05) is 13.8 Å². The Morgan fingerprint density at radius 1 is 1.15 bits per heavy atom. The van der Waals surface area contributed by atoms with Crippen LogP contribution in [0.1, 0.15) is 52.9 Å². The fourth-order valence-corrected chi connectivity index (χ4v) is 4.99. The van der Waals surface area contributed by atoms with Crippen LogP contribution in [-0.2, 0) is 4.79 Å². The molecule has 3 nitrogen and oxygen atoms in total. The van der Waals surface area contributed by atoms with Crippen molar-refractivity contribution in [2.24, 2.45) is 35.5 Å². The minimum Gasteiger partial charge on any atom is -0.338 e. The molecule has 20 heavy (non-hydrogen) atoms. The first-order valence-electron chi connectivity index (χ1n) is 8.16. The zero-order chi connectivity index (χ0) is 14.5. The van der Waals surface area contributed by atoms with Gasteiger partial charge in [-0.25, -0.2) is 0 Å². The van der Waals surface area contributed by atoms with Crippen LogP contribution in [0.3, 0.4) is 0 Å². The highest BCUT2D eigenvalue weighted by molar-refractivity contribution is 5.81. The van der Waals surface area contributed by atoms with Gasteiger partial charge in [-0.15, -0.1) is 0 Å². The van der Waals surface area contributed by atoms with Crippen LogP contribution in [0, 0.1) is 46.8 Å². The molecule has 3 heteroatoms. The summed E-state index contributed by atoms with van der Waals surface area (Å²) in [7, 11) is 0. The minimum atomic E-state index is -0.730. The standard InChI is InChI=1S/C17H26N2O/c1-10(2)17(3,9-18)19-16(20)15-13-5-11-4-12(7-13)8-14(15)6-11/h10-15H,4-8H2,1-3H3,(H,19,20). The second-order valence-electron chi connectivity index (χ2n) is 7.91. The molecule has 0 spiro atoms. The van der Waals surface area contributed by atoms with Gasteiger partial charge >= 0.3 is 0 Å². The van der Waals surface area contributed by atoms with E-state index in [1.165, 1.54) is 32.1 Å². The molecule has 1 atom stereocenters. The van der Waals surface area contributed by atoms with Crippen LogP contribution in [-0.4, -0.2) is 11.4 Å². The summed E-state index contributed by atoms with van der Waals surface area (Å²) >= 11 is 0. The summed E-state index contributed by atoms with van der Waals surface area (Å²) in [5.74, 6) is 3.39. The highest BCUT2D eigenvalue weighted by atomic mass is 16.2. The van der Waals surface area contributed by atoms with E-state index in [2.05, 4.69) is 11.4 Å². The molecule has 0 aromatic carbocycles. The molecule has 0 radical (unpaired) electrons. The summed E-state index contributed by atoms with van der Waals surface area (Å²) in [5.41, 5.74) is -0.730. The van der Waals surface area contributed by atoms with Crippen LogP contribution in [0.4, 0.5) is 0 Å². The lowest BCUT2D eigenvalue weighted by atomic mass is 9.51. The molecule has 4 bridgehead atoms. The Labute approximate surface area is 122 Å². The van der Waals surface area contributed by atoms with Gasteiger partial charge in [0.2, 0.25) is 5.91 Å². The Kier molecular flexibility index (Phi) is 3.31. The highest BCUT2D eigenvalue weighted by Gasteiger charge is 2.51. The maximum atomic E-state index is 12.7. The van der Waals surface area contributed by atoms with Gasteiger partial charge in [0, 0.05) is 5.92 Å². The predicted molar refractivity (Wildman–Crippen MR) is 77.5 cm³/mol. The maximum absolute atomic E-state index is 12.7. The third-order valence-electron chi connectivity index (χ3n) is 6.30. The molecule has 4 fully saturated rings. The lowest BCUT2D eigenvalue weighted by molar-refractivity contribution is -0.139.